The van der Waals surface area contributed by atoms with Crippen LogP contribution in [0, 0.1) is 0 Å². The lowest BCUT2D eigenvalue weighted by molar-refractivity contribution is 0.0697. The summed E-state index contributed by atoms with van der Waals surface area (Å²) >= 11 is 0. The number of carboxylic acids is 1. The van der Waals surface area contributed by atoms with E-state index in [1.807, 2.05) is 0 Å². The topological polar surface area (TPSA) is 69.8 Å². The van der Waals surface area contributed by atoms with Crippen molar-refractivity contribution in [3.8, 4) is 0 Å². The number of fused-ring (bicyclic) bond motifs is 1. The van der Waals surface area contributed by atoms with E-state index in [1.54, 1.807) is 12.1 Å². The largest absolute Gasteiger partial charge is 0.478 e. The molecular formula is C14H17N3O3. The lowest BCUT2D eigenvalue weighted by Crippen LogP contribution is -2.50. The van der Waals surface area contributed by atoms with Crippen molar-refractivity contribution in [2.24, 2.45) is 0 Å². The number of carbonyl (C=O) groups is 1. The van der Waals surface area contributed by atoms with E-state index in [1.165, 1.54) is 6.07 Å². The van der Waals surface area contributed by atoms with Crippen molar-refractivity contribution in [1.29, 1.82) is 0 Å². The van der Waals surface area contributed by atoms with Gasteiger partial charge in [-0.15, -0.1) is 0 Å². The molecule has 0 saturated carbocycles. The predicted octanol–water partition coefficient (Wildman–Crippen LogP) is 1.67. The van der Waals surface area contributed by atoms with E-state index in [4.69, 9.17) is 9.52 Å². The van der Waals surface area contributed by atoms with Gasteiger partial charge in [-0.05, 0) is 32.2 Å². The molecule has 1 aromatic carbocycles. The molecule has 106 valence electrons. The Kier molecular flexibility index (Phi) is 3.10. The van der Waals surface area contributed by atoms with Crippen LogP contribution < -0.4 is 4.90 Å². The highest BCUT2D eigenvalue weighted by Gasteiger charge is 2.24. The van der Waals surface area contributed by atoms with Crippen LogP contribution in [-0.2, 0) is 0 Å². The van der Waals surface area contributed by atoms with Gasteiger partial charge in [-0.25, -0.2) is 4.79 Å². The van der Waals surface area contributed by atoms with Gasteiger partial charge in [-0.2, -0.15) is 4.98 Å². The summed E-state index contributed by atoms with van der Waals surface area (Å²) in [5.41, 5.74) is 1.43. The minimum absolute atomic E-state index is 0.215. The number of hydrogen-bond acceptors (Lipinski definition) is 5. The zero-order valence-electron chi connectivity index (χ0n) is 11.5. The Labute approximate surface area is 116 Å². The lowest BCUT2D eigenvalue weighted by Gasteiger charge is -2.36. The maximum absolute atomic E-state index is 11.0. The summed E-state index contributed by atoms with van der Waals surface area (Å²) in [5, 5.41) is 8.99. The molecule has 2 aromatic rings. The Morgan fingerprint density at radius 3 is 2.95 bits per heavy atom. The van der Waals surface area contributed by atoms with Crippen molar-refractivity contribution in [2.45, 2.75) is 13.0 Å². The quantitative estimate of drug-likeness (QED) is 0.899. The fraction of sp³-hybridized carbons (Fsp3) is 0.429. The van der Waals surface area contributed by atoms with Crippen molar-refractivity contribution >= 4 is 23.1 Å². The molecule has 0 bridgehead atoms. The maximum atomic E-state index is 11.0. The Morgan fingerprint density at radius 2 is 2.25 bits per heavy atom. The van der Waals surface area contributed by atoms with Crippen molar-refractivity contribution < 1.29 is 14.3 Å². The van der Waals surface area contributed by atoms with Crippen molar-refractivity contribution in [3.63, 3.8) is 0 Å². The molecule has 1 N–H and O–H groups in total. The van der Waals surface area contributed by atoms with Crippen LogP contribution in [0.4, 0.5) is 6.01 Å². The SMILES string of the molecule is CC1CN(c2nc3ccc(C(=O)O)cc3o2)CCN1C. The number of rotatable bonds is 2. The third-order valence-electron chi connectivity index (χ3n) is 3.85. The molecule has 0 radical (unpaired) electrons. The summed E-state index contributed by atoms with van der Waals surface area (Å²) in [5.74, 6) is -0.960. The second-order valence-electron chi connectivity index (χ2n) is 5.26. The second-order valence-corrected chi connectivity index (χ2v) is 5.26. The normalized spacial score (nSPS) is 20.5. The van der Waals surface area contributed by atoms with Gasteiger partial charge in [0.1, 0.15) is 5.52 Å². The highest BCUT2D eigenvalue weighted by atomic mass is 16.4. The summed E-state index contributed by atoms with van der Waals surface area (Å²) in [7, 11) is 2.10. The number of oxazole rings is 1. The number of benzene rings is 1. The molecule has 6 nitrogen and oxygen atoms in total. The molecule has 3 rings (SSSR count). The third-order valence-corrected chi connectivity index (χ3v) is 3.85. The number of nitrogens with zero attached hydrogens (tertiary/aromatic N) is 3. The van der Waals surface area contributed by atoms with Crippen molar-refractivity contribution in [1.82, 2.24) is 9.88 Å². The minimum atomic E-state index is -0.960. The van der Waals surface area contributed by atoms with Crippen LogP contribution in [0.2, 0.25) is 0 Å². The number of anilines is 1. The van der Waals surface area contributed by atoms with Gasteiger partial charge in [0.2, 0.25) is 0 Å². The smallest absolute Gasteiger partial charge is 0.335 e. The van der Waals surface area contributed by atoms with E-state index in [-0.39, 0.29) is 5.56 Å². The zero-order valence-corrected chi connectivity index (χ0v) is 11.5. The highest BCUT2D eigenvalue weighted by Crippen LogP contribution is 2.24. The first-order valence-electron chi connectivity index (χ1n) is 6.63. The Hall–Kier alpha value is -2.08. The monoisotopic (exact) mass is 275 g/mol. The molecule has 1 aromatic heterocycles. The van der Waals surface area contributed by atoms with Crippen LogP contribution in [0.1, 0.15) is 17.3 Å². The highest BCUT2D eigenvalue weighted by molar-refractivity contribution is 5.92. The van der Waals surface area contributed by atoms with Gasteiger partial charge in [-0.1, -0.05) is 0 Å². The van der Waals surface area contributed by atoms with Gasteiger partial charge in [-0.3, -0.25) is 0 Å². The fourth-order valence-corrected chi connectivity index (χ4v) is 2.40. The van der Waals surface area contributed by atoms with Crippen molar-refractivity contribution in [2.75, 3.05) is 31.6 Å². The van der Waals surface area contributed by atoms with Crippen LogP contribution in [0.15, 0.2) is 22.6 Å². The number of hydrogen-bond donors (Lipinski definition) is 1. The van der Waals surface area contributed by atoms with E-state index in [0.717, 1.165) is 19.6 Å². The average Bonchev–Trinajstić information content (AvgIpc) is 2.84. The molecule has 0 spiro atoms. The number of likely N-dealkylation sites (N-methyl/N-ethyl adjacent to an activating group) is 1. The molecule has 6 heteroatoms. The molecular weight excluding hydrogens is 258 g/mol. The number of aromatic carboxylic acids is 1. The standard InChI is InChI=1S/C14H17N3O3/c1-9-8-17(6-5-16(9)2)14-15-11-4-3-10(13(18)19)7-12(11)20-14/h3-4,7,9H,5-6,8H2,1-2H3,(H,18,19). The first-order chi connectivity index (χ1) is 9.54. The molecule has 1 aliphatic heterocycles. The van der Waals surface area contributed by atoms with Crippen molar-refractivity contribution in [3.05, 3.63) is 23.8 Å². The van der Waals surface area contributed by atoms with E-state index >= 15 is 0 Å². The molecule has 0 amide bonds. The van der Waals surface area contributed by atoms with Gasteiger partial charge in [0.15, 0.2) is 5.58 Å². The van der Waals surface area contributed by atoms with E-state index in [0.29, 0.717) is 23.2 Å². The summed E-state index contributed by atoms with van der Waals surface area (Å²) in [6, 6.07) is 5.76. The van der Waals surface area contributed by atoms with Gasteiger partial charge in [0.05, 0.1) is 5.56 Å². The average molecular weight is 275 g/mol. The molecule has 0 aliphatic carbocycles. The summed E-state index contributed by atoms with van der Waals surface area (Å²) < 4.78 is 5.71. The Balaban J connectivity index is 1.91. The number of piperazine rings is 1. The predicted molar refractivity (Wildman–Crippen MR) is 75.3 cm³/mol. The second kappa shape index (κ2) is 4.79. The molecule has 2 heterocycles. The van der Waals surface area contributed by atoms with Gasteiger partial charge >= 0.3 is 5.97 Å². The third kappa shape index (κ3) is 2.22. The van der Waals surface area contributed by atoms with Crippen LogP contribution in [0.3, 0.4) is 0 Å². The minimum Gasteiger partial charge on any atom is -0.478 e. The molecule has 1 atom stereocenters. The summed E-state index contributed by atoms with van der Waals surface area (Å²) in [4.78, 5) is 19.8. The Morgan fingerprint density at radius 1 is 1.45 bits per heavy atom. The van der Waals surface area contributed by atoms with Crippen LogP contribution in [0.25, 0.3) is 11.1 Å². The molecule has 1 aliphatic rings. The molecule has 20 heavy (non-hydrogen) atoms. The first kappa shape index (κ1) is 12.9. The summed E-state index contributed by atoms with van der Waals surface area (Å²) in [6.45, 7) is 4.84. The zero-order chi connectivity index (χ0) is 14.3. The molecule has 1 unspecified atom stereocenters. The van der Waals surface area contributed by atoms with E-state index in [9.17, 15) is 4.79 Å². The van der Waals surface area contributed by atoms with Crippen LogP contribution >= 0.6 is 0 Å². The van der Waals surface area contributed by atoms with Crippen LogP contribution in [0.5, 0.6) is 0 Å². The van der Waals surface area contributed by atoms with Gasteiger partial charge < -0.3 is 19.3 Å². The lowest BCUT2D eigenvalue weighted by atomic mass is 10.2. The van der Waals surface area contributed by atoms with Gasteiger partial charge in [0.25, 0.3) is 6.01 Å². The van der Waals surface area contributed by atoms with Crippen LogP contribution in [-0.4, -0.2) is 53.7 Å². The number of aromatic nitrogens is 1. The van der Waals surface area contributed by atoms with E-state index < -0.39 is 5.97 Å². The molecule has 1 saturated heterocycles. The molecule has 1 fully saturated rings. The van der Waals surface area contributed by atoms with Gasteiger partial charge in [0, 0.05) is 25.7 Å². The summed E-state index contributed by atoms with van der Waals surface area (Å²) in [6.07, 6.45) is 0. The maximum Gasteiger partial charge on any atom is 0.335 e. The van der Waals surface area contributed by atoms with E-state index in [2.05, 4.69) is 28.8 Å². The fourth-order valence-electron chi connectivity index (χ4n) is 2.40. The number of carboxylic acid groups (broad SMARTS) is 1. The Bertz CT molecular complexity index is 652. The first-order valence-corrected chi connectivity index (χ1v) is 6.63.